The topological polar surface area (TPSA) is 29.0 Å². The number of hydrogen-bond donors (Lipinski definition) is 0. The number of rotatable bonds is 3. The fraction of sp³-hybridized carbons (Fsp3) is 0.231. The van der Waals surface area contributed by atoms with E-state index in [4.69, 9.17) is 23.2 Å². The van der Waals surface area contributed by atoms with E-state index in [9.17, 15) is 0 Å². The van der Waals surface area contributed by atoms with Gasteiger partial charge in [0.05, 0.1) is 16.3 Å². The molecule has 20 heavy (non-hydrogen) atoms. The molecule has 0 radical (unpaired) electrons. The van der Waals surface area contributed by atoms with Crippen LogP contribution < -0.4 is 4.90 Å². The first-order chi connectivity index (χ1) is 9.52. The van der Waals surface area contributed by atoms with Crippen molar-refractivity contribution in [3.05, 3.63) is 37.6 Å². The maximum atomic E-state index is 6.02. The van der Waals surface area contributed by atoms with E-state index >= 15 is 0 Å². The maximum Gasteiger partial charge on any atom is 0.225 e. The summed E-state index contributed by atoms with van der Waals surface area (Å²) in [4.78, 5) is 14.0. The van der Waals surface area contributed by atoms with Crippen molar-refractivity contribution in [2.75, 3.05) is 11.9 Å². The average molecular weight is 344 g/mol. The smallest absolute Gasteiger partial charge is 0.225 e. The standard InChI is InChI=1S/C13H11Cl2N3S2/c1-7-5-9-11(16-13(15)17-12(9)19-7)18(2)6-8-3-4-10(14)20-8/h3-5H,6H2,1-2H3. The lowest BCUT2D eigenvalue weighted by Gasteiger charge is -2.18. The molecule has 3 aromatic rings. The zero-order chi connectivity index (χ0) is 14.3. The predicted octanol–water partition coefficient (Wildman–Crippen LogP) is 5.00. The molecule has 3 aromatic heterocycles. The van der Waals surface area contributed by atoms with Crippen molar-refractivity contribution in [1.82, 2.24) is 9.97 Å². The van der Waals surface area contributed by atoms with E-state index in [-0.39, 0.29) is 5.28 Å². The number of fused-ring (bicyclic) bond motifs is 1. The molecule has 0 N–H and O–H groups in total. The number of aryl methyl sites for hydroxylation is 1. The molecule has 3 heterocycles. The number of halogens is 2. The van der Waals surface area contributed by atoms with Crippen LogP contribution in [0, 0.1) is 6.92 Å². The summed E-state index contributed by atoms with van der Waals surface area (Å²) >= 11 is 15.2. The minimum atomic E-state index is 0.283. The van der Waals surface area contributed by atoms with Gasteiger partial charge in [0.15, 0.2) is 0 Å². The minimum Gasteiger partial charge on any atom is -0.354 e. The third kappa shape index (κ3) is 2.76. The Morgan fingerprint density at radius 2 is 2.00 bits per heavy atom. The van der Waals surface area contributed by atoms with E-state index in [1.54, 1.807) is 22.7 Å². The lowest BCUT2D eigenvalue weighted by molar-refractivity contribution is 0.915. The first-order valence-corrected chi connectivity index (χ1v) is 8.31. The highest BCUT2D eigenvalue weighted by atomic mass is 35.5. The van der Waals surface area contributed by atoms with Crippen LogP contribution in [0.25, 0.3) is 10.2 Å². The molecule has 0 aliphatic heterocycles. The van der Waals surface area contributed by atoms with Gasteiger partial charge in [0.1, 0.15) is 10.6 Å². The molecule has 0 amide bonds. The second-order valence-corrected chi connectivity index (χ2v) is 7.83. The normalized spacial score (nSPS) is 11.2. The number of hydrogen-bond acceptors (Lipinski definition) is 5. The van der Waals surface area contributed by atoms with Crippen LogP contribution in [0.15, 0.2) is 18.2 Å². The molecule has 0 saturated heterocycles. The molecule has 0 aromatic carbocycles. The van der Waals surface area contributed by atoms with E-state index in [2.05, 4.69) is 27.9 Å². The molecule has 0 aliphatic carbocycles. The van der Waals surface area contributed by atoms with Gasteiger partial charge in [0.2, 0.25) is 5.28 Å². The third-order valence-electron chi connectivity index (χ3n) is 2.85. The summed E-state index contributed by atoms with van der Waals surface area (Å²) in [6.07, 6.45) is 0. The van der Waals surface area contributed by atoms with Crippen LogP contribution in [0.1, 0.15) is 9.75 Å². The van der Waals surface area contributed by atoms with Crippen LogP contribution in [0.3, 0.4) is 0 Å². The molecular weight excluding hydrogens is 333 g/mol. The van der Waals surface area contributed by atoms with Crippen LogP contribution >= 0.6 is 45.9 Å². The Hall–Kier alpha value is -0.880. The molecule has 0 aliphatic rings. The van der Waals surface area contributed by atoms with Gasteiger partial charge in [-0.25, -0.2) is 4.98 Å². The monoisotopic (exact) mass is 343 g/mol. The molecular formula is C13H11Cl2N3S2. The van der Waals surface area contributed by atoms with E-state index < -0.39 is 0 Å². The van der Waals surface area contributed by atoms with Gasteiger partial charge < -0.3 is 4.90 Å². The van der Waals surface area contributed by atoms with Crippen LogP contribution in [-0.4, -0.2) is 17.0 Å². The largest absolute Gasteiger partial charge is 0.354 e. The van der Waals surface area contributed by atoms with E-state index in [1.165, 1.54) is 9.75 Å². The van der Waals surface area contributed by atoms with Gasteiger partial charge in [-0.2, -0.15) is 4.98 Å². The first kappa shape index (κ1) is 14.1. The summed E-state index contributed by atoms with van der Waals surface area (Å²) in [5, 5.41) is 1.33. The quantitative estimate of drug-likeness (QED) is 0.626. The lowest BCUT2D eigenvalue weighted by Crippen LogP contribution is -2.17. The molecule has 0 saturated carbocycles. The molecule has 3 rings (SSSR count). The number of nitrogens with zero attached hydrogens (tertiary/aromatic N) is 3. The zero-order valence-electron chi connectivity index (χ0n) is 10.9. The second kappa shape index (κ2) is 5.48. The molecule has 3 nitrogen and oxygen atoms in total. The van der Waals surface area contributed by atoms with E-state index in [0.717, 1.165) is 26.9 Å². The van der Waals surface area contributed by atoms with Crippen LogP contribution in [-0.2, 0) is 6.54 Å². The summed E-state index contributed by atoms with van der Waals surface area (Å²) in [5.41, 5.74) is 0. The predicted molar refractivity (Wildman–Crippen MR) is 88.6 cm³/mol. The van der Waals surface area contributed by atoms with Crippen LogP contribution in [0.4, 0.5) is 5.82 Å². The number of thiophene rings is 2. The van der Waals surface area contributed by atoms with Gasteiger partial charge in [0.25, 0.3) is 0 Å². The Kier molecular flexibility index (Phi) is 3.86. The summed E-state index contributed by atoms with van der Waals surface area (Å²) in [6, 6.07) is 6.04. The van der Waals surface area contributed by atoms with E-state index in [0.29, 0.717) is 0 Å². The fourth-order valence-electron chi connectivity index (χ4n) is 2.04. The molecule has 104 valence electrons. The molecule has 0 fully saturated rings. The van der Waals surface area contributed by atoms with Crippen molar-refractivity contribution in [3.63, 3.8) is 0 Å². The van der Waals surface area contributed by atoms with Crippen molar-refractivity contribution < 1.29 is 0 Å². The van der Waals surface area contributed by atoms with Gasteiger partial charge in [-0.05, 0) is 36.7 Å². The number of aromatic nitrogens is 2. The van der Waals surface area contributed by atoms with Gasteiger partial charge >= 0.3 is 0 Å². The van der Waals surface area contributed by atoms with Crippen molar-refractivity contribution in [3.8, 4) is 0 Å². The van der Waals surface area contributed by atoms with Crippen molar-refractivity contribution in [2.24, 2.45) is 0 Å². The fourth-order valence-corrected chi connectivity index (χ4v) is 4.27. The van der Waals surface area contributed by atoms with Crippen molar-refractivity contribution in [1.29, 1.82) is 0 Å². The lowest BCUT2D eigenvalue weighted by atomic mass is 10.3. The molecule has 0 bridgehead atoms. The average Bonchev–Trinajstić information content (AvgIpc) is 2.93. The van der Waals surface area contributed by atoms with Crippen LogP contribution in [0.2, 0.25) is 9.62 Å². The summed E-state index contributed by atoms with van der Waals surface area (Å²) in [5.74, 6) is 0.855. The van der Waals surface area contributed by atoms with Gasteiger partial charge in [-0.1, -0.05) is 11.6 Å². The van der Waals surface area contributed by atoms with Crippen molar-refractivity contribution >= 4 is 61.9 Å². The molecule has 0 spiro atoms. The Balaban J connectivity index is 1.99. The summed E-state index contributed by atoms with van der Waals surface area (Å²) in [6.45, 7) is 2.80. The highest BCUT2D eigenvalue weighted by Gasteiger charge is 2.14. The number of anilines is 1. The SMILES string of the molecule is Cc1cc2c(N(C)Cc3ccc(Cl)s3)nc(Cl)nc2s1. The van der Waals surface area contributed by atoms with E-state index in [1.807, 2.05) is 19.2 Å². The van der Waals surface area contributed by atoms with Gasteiger partial charge in [-0.15, -0.1) is 22.7 Å². The van der Waals surface area contributed by atoms with Crippen molar-refractivity contribution in [2.45, 2.75) is 13.5 Å². The highest BCUT2D eigenvalue weighted by Crippen LogP contribution is 2.32. The Morgan fingerprint density at radius 1 is 1.20 bits per heavy atom. The third-order valence-corrected chi connectivity index (χ3v) is 5.18. The molecule has 0 atom stereocenters. The summed E-state index contributed by atoms with van der Waals surface area (Å²) in [7, 11) is 2.00. The molecule has 0 unspecified atom stereocenters. The molecule has 7 heteroatoms. The zero-order valence-corrected chi connectivity index (χ0v) is 14.0. The van der Waals surface area contributed by atoms with Gasteiger partial charge in [0, 0.05) is 16.8 Å². The van der Waals surface area contributed by atoms with Crippen LogP contribution in [0.5, 0.6) is 0 Å². The summed E-state index contributed by atoms with van der Waals surface area (Å²) < 4.78 is 0.797. The Bertz CT molecular complexity index is 766. The second-order valence-electron chi connectivity index (χ2n) is 4.45. The minimum absolute atomic E-state index is 0.283. The highest BCUT2D eigenvalue weighted by molar-refractivity contribution is 7.18. The Morgan fingerprint density at radius 3 is 2.70 bits per heavy atom. The Labute approximate surface area is 134 Å². The maximum absolute atomic E-state index is 6.02. The van der Waals surface area contributed by atoms with Gasteiger partial charge in [-0.3, -0.25) is 0 Å². The first-order valence-electron chi connectivity index (χ1n) is 5.92.